The minimum atomic E-state index is -0.607. The Morgan fingerprint density at radius 1 is 1.06 bits per heavy atom. The molecular weight excluding hydrogens is 399 g/mol. The molecule has 7 heteroatoms. The Bertz CT molecular complexity index is 876. The van der Waals surface area contributed by atoms with E-state index in [-0.39, 0.29) is 24.2 Å². The fourth-order valence-electron chi connectivity index (χ4n) is 2.86. The first-order valence-electron chi connectivity index (χ1n) is 10.4. The molecule has 0 saturated heterocycles. The standard InChI is InChI=1S/C24H31FN2O4/c1-16(2)21(27-23(29)31-24(3,4)5)22(28)26-14-17-9-11-20(12-10-17)30-15-18-7-6-8-19(25)13-18/h6-13,16,21H,14-15H2,1-5H3,(H,26,28)(H,27,29)/p+1/t21-/m1/s1. The number of carbonyl (C=O) groups excluding carboxylic acids is 2. The lowest BCUT2D eigenvalue weighted by Gasteiger charge is -2.21. The van der Waals surface area contributed by atoms with Crippen LogP contribution in [0.15, 0.2) is 48.5 Å². The fourth-order valence-corrected chi connectivity index (χ4v) is 2.86. The van der Waals surface area contributed by atoms with Gasteiger partial charge in [0.25, 0.3) is 5.91 Å². The number of amides is 2. The summed E-state index contributed by atoms with van der Waals surface area (Å²) in [6.07, 6.45) is -0.499. The number of halogens is 1. The molecule has 0 saturated carbocycles. The molecule has 0 spiro atoms. The van der Waals surface area contributed by atoms with Crippen molar-refractivity contribution in [3.63, 3.8) is 0 Å². The Labute approximate surface area is 183 Å². The van der Waals surface area contributed by atoms with E-state index in [0.29, 0.717) is 12.3 Å². The van der Waals surface area contributed by atoms with Crippen molar-refractivity contribution in [3.05, 3.63) is 65.5 Å². The molecule has 0 aliphatic carbocycles. The van der Waals surface area contributed by atoms with Crippen LogP contribution in [0.5, 0.6) is 5.75 Å². The number of benzene rings is 2. The first-order valence-corrected chi connectivity index (χ1v) is 10.4. The Morgan fingerprint density at radius 2 is 1.74 bits per heavy atom. The number of nitrogens with two attached hydrogens (primary N) is 1. The van der Waals surface area contributed by atoms with E-state index in [0.717, 1.165) is 11.1 Å². The van der Waals surface area contributed by atoms with E-state index in [9.17, 15) is 14.0 Å². The van der Waals surface area contributed by atoms with E-state index < -0.39 is 17.7 Å². The molecule has 0 bridgehead atoms. The van der Waals surface area contributed by atoms with E-state index in [4.69, 9.17) is 9.47 Å². The van der Waals surface area contributed by atoms with Gasteiger partial charge in [-0.1, -0.05) is 38.1 Å². The average Bonchev–Trinajstić information content (AvgIpc) is 2.68. The summed E-state index contributed by atoms with van der Waals surface area (Å²) in [5.74, 6) is 0.0758. The number of hydrogen-bond donors (Lipinski definition) is 2. The number of primary amides is 1. The largest absolute Gasteiger partial charge is 0.513 e. The third-order valence-corrected chi connectivity index (χ3v) is 4.43. The van der Waals surface area contributed by atoms with Crippen LogP contribution >= 0.6 is 0 Å². The molecule has 0 unspecified atom stereocenters. The lowest BCUT2D eigenvalue weighted by molar-refractivity contribution is -0.603. The Balaban J connectivity index is 1.86. The van der Waals surface area contributed by atoms with Crippen LogP contribution in [0.3, 0.4) is 0 Å². The molecule has 2 amide bonds. The van der Waals surface area contributed by atoms with E-state index in [1.807, 2.05) is 26.0 Å². The number of ether oxygens (including phenoxy) is 2. The Kier molecular flexibility index (Phi) is 8.56. The monoisotopic (exact) mass is 431 g/mol. The van der Waals surface area contributed by atoms with E-state index >= 15 is 0 Å². The molecule has 0 fully saturated rings. The van der Waals surface area contributed by atoms with Crippen LogP contribution in [0.4, 0.5) is 9.18 Å². The number of nitrogens with one attached hydrogen (secondary N) is 1. The zero-order valence-corrected chi connectivity index (χ0v) is 18.8. The number of hydrogen-bond acceptors (Lipinski definition) is 4. The molecule has 31 heavy (non-hydrogen) atoms. The van der Waals surface area contributed by atoms with E-state index in [1.54, 1.807) is 45.0 Å². The SMILES string of the molecule is CC(C)[C@@H]([NH2+]C(=O)OC(C)(C)C)C(=O)NCc1ccc(OCc2cccc(F)c2)cc1. The lowest BCUT2D eigenvalue weighted by Crippen LogP contribution is -2.97. The normalized spacial score (nSPS) is 12.4. The van der Waals surface area contributed by atoms with Gasteiger partial charge in [-0.2, -0.15) is 4.79 Å². The number of quaternary nitrogens is 1. The predicted octanol–water partition coefficient (Wildman–Crippen LogP) is 3.54. The summed E-state index contributed by atoms with van der Waals surface area (Å²) in [5, 5.41) is 4.21. The summed E-state index contributed by atoms with van der Waals surface area (Å²) in [6.45, 7) is 9.72. The van der Waals surface area contributed by atoms with Crippen molar-refractivity contribution in [3.8, 4) is 5.75 Å². The molecule has 2 aromatic carbocycles. The first kappa shape index (κ1) is 24.3. The van der Waals surface area contributed by atoms with Gasteiger partial charge in [-0.25, -0.2) is 9.71 Å². The molecule has 0 aromatic heterocycles. The molecule has 0 aliphatic rings. The molecule has 0 heterocycles. The summed E-state index contributed by atoms with van der Waals surface area (Å²) in [7, 11) is 0. The van der Waals surface area contributed by atoms with Crippen molar-refractivity contribution in [2.75, 3.05) is 0 Å². The summed E-state index contributed by atoms with van der Waals surface area (Å²) in [6, 6.07) is 13.0. The van der Waals surface area contributed by atoms with Crippen LogP contribution < -0.4 is 15.4 Å². The van der Waals surface area contributed by atoms with Gasteiger partial charge >= 0.3 is 6.09 Å². The highest BCUT2D eigenvalue weighted by molar-refractivity contribution is 5.81. The topological polar surface area (TPSA) is 81.2 Å². The van der Waals surface area contributed by atoms with Crippen LogP contribution in [0.2, 0.25) is 0 Å². The molecule has 3 N–H and O–H groups in total. The average molecular weight is 432 g/mol. The van der Waals surface area contributed by atoms with Gasteiger partial charge in [0, 0.05) is 12.5 Å². The Hall–Kier alpha value is -2.93. The molecule has 1 atom stereocenters. The van der Waals surface area contributed by atoms with Crippen LogP contribution in [-0.2, 0) is 22.7 Å². The molecule has 2 aromatic rings. The van der Waals surface area contributed by atoms with Crippen molar-refractivity contribution in [2.24, 2.45) is 5.92 Å². The van der Waals surface area contributed by atoms with Gasteiger partial charge in [-0.05, 0) is 56.2 Å². The Morgan fingerprint density at radius 3 is 2.32 bits per heavy atom. The highest BCUT2D eigenvalue weighted by Crippen LogP contribution is 2.15. The second kappa shape index (κ2) is 10.9. The van der Waals surface area contributed by atoms with Gasteiger partial charge in [0.05, 0.1) is 0 Å². The molecule has 2 rings (SSSR count). The molecular formula is C24H32FN2O4+. The minimum absolute atomic E-state index is 0.0499. The quantitative estimate of drug-likeness (QED) is 0.670. The molecule has 6 nitrogen and oxygen atoms in total. The van der Waals surface area contributed by atoms with Crippen molar-refractivity contribution >= 4 is 12.0 Å². The van der Waals surface area contributed by atoms with Crippen LogP contribution in [0, 0.1) is 11.7 Å². The second-order valence-corrected chi connectivity index (χ2v) is 8.75. The lowest BCUT2D eigenvalue weighted by atomic mass is 10.0. The summed E-state index contributed by atoms with van der Waals surface area (Å²) >= 11 is 0. The molecule has 168 valence electrons. The summed E-state index contributed by atoms with van der Waals surface area (Å²) in [4.78, 5) is 24.7. The van der Waals surface area contributed by atoms with Crippen LogP contribution in [-0.4, -0.2) is 23.6 Å². The van der Waals surface area contributed by atoms with Gasteiger partial charge in [0.1, 0.15) is 23.8 Å². The number of rotatable bonds is 8. The summed E-state index contributed by atoms with van der Waals surface area (Å²) < 4.78 is 24.2. The third-order valence-electron chi connectivity index (χ3n) is 4.43. The van der Waals surface area contributed by atoms with Gasteiger partial charge in [-0.3, -0.25) is 4.79 Å². The van der Waals surface area contributed by atoms with Crippen molar-refractivity contribution in [2.45, 2.75) is 59.4 Å². The van der Waals surface area contributed by atoms with Gasteiger partial charge in [0.15, 0.2) is 6.04 Å². The zero-order valence-electron chi connectivity index (χ0n) is 18.8. The van der Waals surface area contributed by atoms with Gasteiger partial charge in [0.2, 0.25) is 0 Å². The maximum Gasteiger partial charge on any atom is 0.513 e. The van der Waals surface area contributed by atoms with Crippen molar-refractivity contribution in [1.29, 1.82) is 0 Å². The molecule has 0 aliphatic heterocycles. The fraction of sp³-hybridized carbons (Fsp3) is 0.417. The maximum atomic E-state index is 13.2. The first-order chi connectivity index (χ1) is 14.5. The van der Waals surface area contributed by atoms with Crippen LogP contribution in [0.1, 0.15) is 45.7 Å². The predicted molar refractivity (Wildman–Crippen MR) is 116 cm³/mol. The third kappa shape index (κ3) is 8.76. The summed E-state index contributed by atoms with van der Waals surface area (Å²) in [5.41, 5.74) is 1.04. The van der Waals surface area contributed by atoms with Gasteiger partial charge in [-0.15, -0.1) is 0 Å². The van der Waals surface area contributed by atoms with Crippen molar-refractivity contribution < 1.29 is 28.8 Å². The van der Waals surface area contributed by atoms with E-state index in [2.05, 4.69) is 5.32 Å². The molecule has 0 radical (unpaired) electrons. The zero-order chi connectivity index (χ0) is 23.0. The highest BCUT2D eigenvalue weighted by Gasteiger charge is 2.31. The highest BCUT2D eigenvalue weighted by atomic mass is 19.1. The smallest absolute Gasteiger partial charge is 0.489 e. The van der Waals surface area contributed by atoms with E-state index in [1.165, 1.54) is 17.4 Å². The second-order valence-electron chi connectivity index (χ2n) is 8.75. The minimum Gasteiger partial charge on any atom is -0.489 e. The maximum absolute atomic E-state index is 13.2. The van der Waals surface area contributed by atoms with Crippen LogP contribution in [0.25, 0.3) is 0 Å². The van der Waals surface area contributed by atoms with Gasteiger partial charge < -0.3 is 14.8 Å². The van der Waals surface area contributed by atoms with Crippen molar-refractivity contribution in [1.82, 2.24) is 5.32 Å². The number of carbonyl (C=O) groups is 2.